The number of aliphatic hydroxyl groups excluding tert-OH is 2. The fourth-order valence-corrected chi connectivity index (χ4v) is 3.16. The number of hydrogen-bond donors (Lipinski definition) is 2. The number of fused-ring (bicyclic) bond motifs is 3. The van der Waals surface area contributed by atoms with E-state index in [9.17, 15) is 15.0 Å². The zero-order chi connectivity index (χ0) is 16.2. The topological polar surface area (TPSA) is 85.2 Å². The van der Waals surface area contributed by atoms with Crippen LogP contribution in [0.2, 0.25) is 0 Å². The number of methoxy groups -OCH3 is 1. The number of aliphatic hydroxyl groups is 2. The minimum Gasteiger partial charge on any atom is -0.495 e. The van der Waals surface area contributed by atoms with Gasteiger partial charge in [-0.3, -0.25) is 0 Å². The summed E-state index contributed by atoms with van der Waals surface area (Å²) in [6.45, 7) is 7.68. The Labute approximate surface area is 127 Å². The predicted octanol–water partition coefficient (Wildman–Crippen LogP) is 1.78. The van der Waals surface area contributed by atoms with Gasteiger partial charge in [0.2, 0.25) is 6.29 Å². The van der Waals surface area contributed by atoms with Gasteiger partial charge >= 0.3 is 5.97 Å². The van der Waals surface area contributed by atoms with Gasteiger partial charge in [-0.05, 0) is 13.8 Å². The van der Waals surface area contributed by atoms with E-state index < -0.39 is 18.4 Å². The number of carbonyl (C=O) groups excluding carboxylic acids is 1. The summed E-state index contributed by atoms with van der Waals surface area (Å²) in [7, 11) is 1.43. The van der Waals surface area contributed by atoms with Crippen LogP contribution in [0.5, 0.6) is 11.5 Å². The summed E-state index contributed by atoms with van der Waals surface area (Å²) in [5.41, 5.74) is 2.12. The molecule has 0 saturated heterocycles. The molecular weight excluding hydrogens is 288 g/mol. The number of rotatable bonds is 2. The molecule has 2 aliphatic rings. The Morgan fingerprint density at radius 3 is 2.64 bits per heavy atom. The summed E-state index contributed by atoms with van der Waals surface area (Å²) in [6.07, 6.45) is -2.36. The van der Waals surface area contributed by atoms with Crippen LogP contribution in [-0.2, 0) is 4.74 Å². The second kappa shape index (κ2) is 5.00. The van der Waals surface area contributed by atoms with E-state index in [1.54, 1.807) is 13.8 Å². The van der Waals surface area contributed by atoms with Crippen molar-refractivity contribution >= 4 is 5.97 Å². The number of esters is 1. The molecule has 2 aliphatic heterocycles. The zero-order valence-electron chi connectivity index (χ0n) is 12.7. The van der Waals surface area contributed by atoms with Gasteiger partial charge in [0.1, 0.15) is 17.1 Å². The Bertz CT molecular complexity index is 678. The van der Waals surface area contributed by atoms with Crippen LogP contribution in [0.15, 0.2) is 12.2 Å². The Morgan fingerprint density at radius 2 is 2.05 bits per heavy atom. The van der Waals surface area contributed by atoms with Gasteiger partial charge in [-0.15, -0.1) is 0 Å². The highest BCUT2D eigenvalue weighted by Crippen LogP contribution is 2.51. The predicted molar refractivity (Wildman–Crippen MR) is 76.9 cm³/mol. The minimum atomic E-state index is -1.44. The lowest BCUT2D eigenvalue weighted by Crippen LogP contribution is -2.29. The van der Waals surface area contributed by atoms with Crippen molar-refractivity contribution in [3.05, 3.63) is 34.4 Å². The Kier molecular flexibility index (Phi) is 3.38. The van der Waals surface area contributed by atoms with Gasteiger partial charge < -0.3 is 24.4 Å². The average Bonchev–Trinajstić information content (AvgIpc) is 2.74. The molecule has 3 atom stereocenters. The largest absolute Gasteiger partial charge is 0.495 e. The lowest BCUT2D eigenvalue weighted by Gasteiger charge is -2.33. The van der Waals surface area contributed by atoms with Crippen LogP contribution in [-0.4, -0.2) is 29.9 Å². The van der Waals surface area contributed by atoms with Crippen LogP contribution in [0.25, 0.3) is 0 Å². The molecule has 1 aromatic carbocycles. The lowest BCUT2D eigenvalue weighted by atomic mass is 9.83. The van der Waals surface area contributed by atoms with Crippen molar-refractivity contribution in [2.45, 2.75) is 26.2 Å². The second-order valence-electron chi connectivity index (χ2n) is 5.66. The quantitative estimate of drug-likeness (QED) is 0.640. The first-order chi connectivity index (χ1) is 10.4. The SMILES string of the molecule is C=C(C)[C@H]1COc2c(C)c(OC)c3c(c2[C@H]1O)[C@@H](O)OC3=O. The highest BCUT2D eigenvalue weighted by Gasteiger charge is 2.44. The van der Waals surface area contributed by atoms with Gasteiger partial charge in [-0.25, -0.2) is 4.79 Å². The first kappa shape index (κ1) is 14.9. The highest BCUT2D eigenvalue weighted by atomic mass is 16.6. The van der Waals surface area contributed by atoms with Crippen LogP contribution in [0.1, 0.15) is 46.4 Å². The van der Waals surface area contributed by atoms with E-state index in [0.29, 0.717) is 22.6 Å². The number of ether oxygens (including phenoxy) is 3. The molecule has 0 amide bonds. The summed E-state index contributed by atoms with van der Waals surface area (Å²) < 4.78 is 15.9. The fourth-order valence-electron chi connectivity index (χ4n) is 3.16. The van der Waals surface area contributed by atoms with Crippen molar-refractivity contribution in [1.29, 1.82) is 0 Å². The third-order valence-electron chi connectivity index (χ3n) is 4.30. The van der Waals surface area contributed by atoms with E-state index in [2.05, 4.69) is 6.58 Å². The molecule has 0 spiro atoms. The van der Waals surface area contributed by atoms with Gasteiger partial charge in [0.05, 0.1) is 19.8 Å². The first-order valence-corrected chi connectivity index (χ1v) is 6.98. The molecule has 1 aromatic rings. The van der Waals surface area contributed by atoms with Crippen LogP contribution < -0.4 is 9.47 Å². The van der Waals surface area contributed by atoms with E-state index in [1.807, 2.05) is 0 Å². The standard InChI is InChI=1S/C16H18O6/c1-6(2)8-5-21-14-7(3)13(20-4)11-9(10(14)12(8)17)15(18)22-16(11)19/h8,12,15,17-18H,1,5H2,2-4H3/t8-,12+,15+/m1/s1. The van der Waals surface area contributed by atoms with Crippen LogP contribution >= 0.6 is 0 Å². The highest BCUT2D eigenvalue weighted by molar-refractivity contribution is 5.98. The molecule has 2 N–H and O–H groups in total. The molecule has 3 rings (SSSR count). The molecule has 6 nitrogen and oxygen atoms in total. The average molecular weight is 306 g/mol. The molecule has 22 heavy (non-hydrogen) atoms. The summed E-state index contributed by atoms with van der Waals surface area (Å²) in [6, 6.07) is 0. The summed E-state index contributed by atoms with van der Waals surface area (Å²) >= 11 is 0. The molecule has 0 saturated carbocycles. The molecule has 0 unspecified atom stereocenters. The molecule has 2 heterocycles. The van der Waals surface area contributed by atoms with Gasteiger partial charge in [-0.1, -0.05) is 12.2 Å². The molecule has 118 valence electrons. The van der Waals surface area contributed by atoms with E-state index in [4.69, 9.17) is 14.2 Å². The van der Waals surface area contributed by atoms with E-state index in [1.165, 1.54) is 7.11 Å². The molecule has 0 radical (unpaired) electrons. The second-order valence-corrected chi connectivity index (χ2v) is 5.66. The summed E-state index contributed by atoms with van der Waals surface area (Å²) in [4.78, 5) is 12.0. The number of carbonyl (C=O) groups is 1. The van der Waals surface area contributed by atoms with Crippen LogP contribution in [0.3, 0.4) is 0 Å². The van der Waals surface area contributed by atoms with Gasteiger partial charge in [0, 0.05) is 22.6 Å². The van der Waals surface area contributed by atoms with Crippen molar-refractivity contribution in [3.63, 3.8) is 0 Å². The minimum absolute atomic E-state index is 0.149. The van der Waals surface area contributed by atoms with Crippen molar-refractivity contribution < 1.29 is 29.2 Å². The maximum absolute atomic E-state index is 12.0. The Balaban J connectivity index is 2.31. The number of benzene rings is 1. The molecule has 0 fully saturated rings. The smallest absolute Gasteiger partial charge is 0.345 e. The van der Waals surface area contributed by atoms with E-state index >= 15 is 0 Å². The van der Waals surface area contributed by atoms with Crippen molar-refractivity contribution in [3.8, 4) is 11.5 Å². The molecular formula is C16H18O6. The van der Waals surface area contributed by atoms with Crippen molar-refractivity contribution in [1.82, 2.24) is 0 Å². The van der Waals surface area contributed by atoms with Crippen LogP contribution in [0.4, 0.5) is 0 Å². The van der Waals surface area contributed by atoms with Crippen LogP contribution in [0, 0.1) is 12.8 Å². The summed E-state index contributed by atoms with van der Waals surface area (Å²) in [5.74, 6) is -0.253. The van der Waals surface area contributed by atoms with Gasteiger partial charge in [0.15, 0.2) is 0 Å². The molecule has 0 bridgehead atoms. The first-order valence-electron chi connectivity index (χ1n) is 6.98. The third kappa shape index (κ3) is 1.84. The van der Waals surface area contributed by atoms with Gasteiger partial charge in [0.25, 0.3) is 0 Å². The third-order valence-corrected chi connectivity index (χ3v) is 4.30. The fraction of sp³-hybridized carbons (Fsp3) is 0.438. The normalized spacial score (nSPS) is 25.9. The maximum atomic E-state index is 12.0. The van der Waals surface area contributed by atoms with E-state index in [0.717, 1.165) is 5.57 Å². The van der Waals surface area contributed by atoms with Crippen molar-refractivity contribution in [2.24, 2.45) is 5.92 Å². The molecule has 0 aliphatic carbocycles. The van der Waals surface area contributed by atoms with Crippen molar-refractivity contribution in [2.75, 3.05) is 13.7 Å². The monoisotopic (exact) mass is 306 g/mol. The Morgan fingerprint density at radius 1 is 1.36 bits per heavy atom. The summed E-state index contributed by atoms with van der Waals surface area (Å²) in [5, 5.41) is 20.8. The number of cyclic esters (lactones) is 1. The molecule has 0 aromatic heterocycles. The Hall–Kier alpha value is -2.05. The molecule has 6 heteroatoms. The lowest BCUT2D eigenvalue weighted by molar-refractivity contribution is -0.0571. The zero-order valence-corrected chi connectivity index (χ0v) is 12.7. The van der Waals surface area contributed by atoms with Gasteiger partial charge in [-0.2, -0.15) is 0 Å². The number of hydrogen-bond acceptors (Lipinski definition) is 6. The maximum Gasteiger partial charge on any atom is 0.345 e. The van der Waals surface area contributed by atoms with E-state index in [-0.39, 0.29) is 23.7 Å².